The molecule has 1 amide bonds. The van der Waals surface area contributed by atoms with Crippen LogP contribution in [0.1, 0.15) is 34.5 Å². The molecule has 6 heteroatoms. The standard InChI is InChI=1S/C16H15N5O/c22-14(11-6-2-1-3-7-11)18-15-19-16-17-13-9-5-4-8-12(13)10-21(16)20-15/h1-3,6-7,10H,4-5,8-9H2,(H,18,20,22). The Morgan fingerprint density at radius 2 is 1.91 bits per heavy atom. The molecule has 0 unspecified atom stereocenters. The van der Waals surface area contributed by atoms with E-state index in [9.17, 15) is 4.79 Å². The number of anilines is 1. The average molecular weight is 293 g/mol. The molecule has 1 N–H and O–H groups in total. The Morgan fingerprint density at radius 1 is 1.09 bits per heavy atom. The van der Waals surface area contributed by atoms with Crippen LogP contribution in [0.2, 0.25) is 0 Å². The van der Waals surface area contributed by atoms with Gasteiger partial charge in [0.2, 0.25) is 0 Å². The van der Waals surface area contributed by atoms with Crippen LogP contribution < -0.4 is 5.32 Å². The molecule has 0 fully saturated rings. The van der Waals surface area contributed by atoms with Crippen LogP contribution in [0.3, 0.4) is 0 Å². The zero-order valence-electron chi connectivity index (χ0n) is 12.0. The number of aromatic nitrogens is 4. The maximum atomic E-state index is 12.1. The highest BCUT2D eigenvalue weighted by Crippen LogP contribution is 2.19. The molecule has 6 nitrogen and oxygen atoms in total. The average Bonchev–Trinajstić information content (AvgIpc) is 2.94. The van der Waals surface area contributed by atoms with E-state index in [1.54, 1.807) is 16.6 Å². The number of benzene rings is 1. The second kappa shape index (κ2) is 5.22. The zero-order valence-corrected chi connectivity index (χ0v) is 12.0. The molecule has 0 radical (unpaired) electrons. The summed E-state index contributed by atoms with van der Waals surface area (Å²) in [5.74, 6) is 0.592. The minimum absolute atomic E-state index is 0.221. The molecule has 0 bridgehead atoms. The van der Waals surface area contributed by atoms with E-state index in [-0.39, 0.29) is 11.9 Å². The number of hydrogen-bond acceptors (Lipinski definition) is 4. The van der Waals surface area contributed by atoms with Crippen molar-refractivity contribution in [2.45, 2.75) is 25.7 Å². The summed E-state index contributed by atoms with van der Waals surface area (Å²) in [5, 5.41) is 7.01. The molecule has 1 aliphatic carbocycles. The predicted molar refractivity (Wildman–Crippen MR) is 81.8 cm³/mol. The topological polar surface area (TPSA) is 72.2 Å². The summed E-state index contributed by atoms with van der Waals surface area (Å²) in [6, 6.07) is 9.02. The van der Waals surface area contributed by atoms with Gasteiger partial charge in [-0.3, -0.25) is 10.1 Å². The summed E-state index contributed by atoms with van der Waals surface area (Å²) in [6.45, 7) is 0. The van der Waals surface area contributed by atoms with Crippen molar-refractivity contribution in [3.8, 4) is 0 Å². The van der Waals surface area contributed by atoms with Gasteiger partial charge in [-0.25, -0.2) is 9.50 Å². The third-order valence-electron chi connectivity index (χ3n) is 3.87. The van der Waals surface area contributed by atoms with Crippen LogP contribution in [0.5, 0.6) is 0 Å². The van der Waals surface area contributed by atoms with Crippen molar-refractivity contribution in [1.82, 2.24) is 19.6 Å². The highest BCUT2D eigenvalue weighted by molar-refractivity contribution is 6.03. The molecule has 4 rings (SSSR count). The third kappa shape index (κ3) is 2.32. The number of amides is 1. The van der Waals surface area contributed by atoms with Crippen LogP contribution in [0.15, 0.2) is 36.5 Å². The Kier molecular flexibility index (Phi) is 3.07. The fraction of sp³-hybridized carbons (Fsp3) is 0.250. The normalized spacial score (nSPS) is 13.8. The van der Waals surface area contributed by atoms with E-state index in [0.29, 0.717) is 11.3 Å². The van der Waals surface area contributed by atoms with Crippen LogP contribution in [0.4, 0.5) is 5.95 Å². The minimum Gasteiger partial charge on any atom is -0.289 e. The molecule has 22 heavy (non-hydrogen) atoms. The molecular formula is C16H15N5O. The van der Waals surface area contributed by atoms with Crippen LogP contribution in [0, 0.1) is 0 Å². The lowest BCUT2D eigenvalue weighted by Gasteiger charge is -2.13. The van der Waals surface area contributed by atoms with Gasteiger partial charge in [-0.1, -0.05) is 18.2 Å². The number of fused-ring (bicyclic) bond motifs is 2. The number of aryl methyl sites for hydroxylation is 2. The maximum Gasteiger partial charge on any atom is 0.258 e. The molecule has 2 aromatic heterocycles. The summed E-state index contributed by atoms with van der Waals surface area (Å²) >= 11 is 0. The smallest absolute Gasteiger partial charge is 0.258 e. The van der Waals surface area contributed by atoms with Crippen LogP contribution in [-0.4, -0.2) is 25.5 Å². The van der Waals surface area contributed by atoms with E-state index in [1.165, 1.54) is 18.4 Å². The lowest BCUT2D eigenvalue weighted by atomic mass is 9.98. The lowest BCUT2D eigenvalue weighted by Crippen LogP contribution is -2.12. The summed E-state index contributed by atoms with van der Waals surface area (Å²) in [5.41, 5.74) is 2.91. The number of nitrogens with one attached hydrogen (secondary N) is 1. The van der Waals surface area contributed by atoms with Gasteiger partial charge in [0, 0.05) is 17.5 Å². The molecule has 3 aromatic rings. The summed E-state index contributed by atoms with van der Waals surface area (Å²) < 4.78 is 1.64. The number of nitrogens with zero attached hydrogens (tertiary/aromatic N) is 4. The Hall–Kier alpha value is -2.76. The van der Waals surface area contributed by atoms with Gasteiger partial charge in [-0.2, -0.15) is 4.98 Å². The van der Waals surface area contributed by atoms with Gasteiger partial charge >= 0.3 is 0 Å². The Labute approximate surface area is 127 Å². The van der Waals surface area contributed by atoms with Gasteiger partial charge in [0.25, 0.3) is 17.6 Å². The van der Waals surface area contributed by atoms with Gasteiger partial charge < -0.3 is 0 Å². The van der Waals surface area contributed by atoms with Gasteiger partial charge in [0.1, 0.15) is 0 Å². The summed E-state index contributed by atoms with van der Waals surface area (Å²) in [4.78, 5) is 21.0. The minimum atomic E-state index is -0.221. The highest BCUT2D eigenvalue weighted by Gasteiger charge is 2.15. The molecule has 2 heterocycles. The zero-order chi connectivity index (χ0) is 14.9. The van der Waals surface area contributed by atoms with E-state index in [0.717, 1.165) is 18.5 Å². The molecule has 0 saturated heterocycles. The van der Waals surface area contributed by atoms with E-state index in [1.807, 2.05) is 24.4 Å². The predicted octanol–water partition coefficient (Wildman–Crippen LogP) is 2.26. The van der Waals surface area contributed by atoms with Crippen molar-refractivity contribution in [1.29, 1.82) is 0 Å². The molecule has 0 spiro atoms. The third-order valence-corrected chi connectivity index (χ3v) is 3.87. The monoisotopic (exact) mass is 293 g/mol. The van der Waals surface area contributed by atoms with Crippen molar-refractivity contribution < 1.29 is 4.79 Å². The summed E-state index contributed by atoms with van der Waals surface area (Å²) in [7, 11) is 0. The first kappa shape index (κ1) is 12.9. The molecule has 0 atom stereocenters. The van der Waals surface area contributed by atoms with Crippen molar-refractivity contribution in [2.75, 3.05) is 5.32 Å². The fourth-order valence-electron chi connectivity index (χ4n) is 2.74. The highest BCUT2D eigenvalue weighted by atomic mass is 16.1. The van der Waals surface area contributed by atoms with Gasteiger partial charge in [0.15, 0.2) is 0 Å². The second-order valence-electron chi connectivity index (χ2n) is 5.42. The second-order valence-corrected chi connectivity index (χ2v) is 5.42. The van der Waals surface area contributed by atoms with Crippen LogP contribution >= 0.6 is 0 Å². The molecule has 0 saturated carbocycles. The quantitative estimate of drug-likeness (QED) is 0.786. The van der Waals surface area contributed by atoms with Gasteiger partial charge in [0.05, 0.1) is 0 Å². The maximum absolute atomic E-state index is 12.1. The molecule has 1 aliphatic rings. The molecule has 110 valence electrons. The lowest BCUT2D eigenvalue weighted by molar-refractivity contribution is 0.102. The molecule has 1 aromatic carbocycles. The van der Waals surface area contributed by atoms with Crippen LogP contribution in [0.25, 0.3) is 5.78 Å². The van der Waals surface area contributed by atoms with Gasteiger partial charge in [-0.05, 0) is 43.4 Å². The number of carbonyl (C=O) groups excluding carboxylic acids is 1. The first-order valence-corrected chi connectivity index (χ1v) is 7.41. The Morgan fingerprint density at radius 3 is 2.77 bits per heavy atom. The largest absolute Gasteiger partial charge is 0.289 e. The van der Waals surface area contributed by atoms with E-state index in [4.69, 9.17) is 0 Å². The summed E-state index contributed by atoms with van der Waals surface area (Å²) in [6.07, 6.45) is 6.35. The van der Waals surface area contributed by atoms with Crippen molar-refractivity contribution >= 4 is 17.6 Å². The molecular weight excluding hydrogens is 278 g/mol. The first-order chi connectivity index (χ1) is 10.8. The van der Waals surface area contributed by atoms with Crippen molar-refractivity contribution in [2.24, 2.45) is 0 Å². The van der Waals surface area contributed by atoms with E-state index >= 15 is 0 Å². The van der Waals surface area contributed by atoms with E-state index in [2.05, 4.69) is 20.4 Å². The van der Waals surface area contributed by atoms with Gasteiger partial charge in [-0.15, -0.1) is 5.10 Å². The fourth-order valence-corrected chi connectivity index (χ4v) is 2.74. The Balaban J connectivity index is 1.64. The van der Waals surface area contributed by atoms with E-state index < -0.39 is 0 Å². The number of carbonyl (C=O) groups is 1. The molecule has 0 aliphatic heterocycles. The first-order valence-electron chi connectivity index (χ1n) is 7.41. The number of hydrogen-bond donors (Lipinski definition) is 1. The van der Waals surface area contributed by atoms with Crippen molar-refractivity contribution in [3.63, 3.8) is 0 Å². The Bertz CT molecular complexity index is 797. The van der Waals surface area contributed by atoms with Crippen molar-refractivity contribution in [3.05, 3.63) is 53.3 Å². The van der Waals surface area contributed by atoms with Crippen LogP contribution in [-0.2, 0) is 12.8 Å². The SMILES string of the molecule is O=C(Nc1nc2nc3c(cn2n1)CCCC3)c1ccccc1. The number of rotatable bonds is 2.